The molecule has 0 spiro atoms. The van der Waals surface area contributed by atoms with Crippen molar-refractivity contribution in [3.63, 3.8) is 0 Å². The van der Waals surface area contributed by atoms with Gasteiger partial charge in [0.2, 0.25) is 0 Å². The van der Waals surface area contributed by atoms with Gasteiger partial charge in [0, 0.05) is 12.1 Å². The molecule has 0 amide bonds. The van der Waals surface area contributed by atoms with E-state index >= 15 is 0 Å². The van der Waals surface area contributed by atoms with Crippen LogP contribution in [0, 0.1) is 21.6 Å². The second-order valence-corrected chi connectivity index (χ2v) is 4.30. The number of hydrogen-bond acceptors (Lipinski definition) is 6. The first-order chi connectivity index (χ1) is 9.96. The molecule has 112 valence electrons. The van der Waals surface area contributed by atoms with E-state index in [0.29, 0.717) is 0 Å². The molecule has 0 bridgehead atoms. The van der Waals surface area contributed by atoms with Crippen LogP contribution in [0.25, 0.3) is 0 Å². The van der Waals surface area contributed by atoms with Gasteiger partial charge in [-0.1, -0.05) is 11.8 Å². The molecule has 0 aliphatic heterocycles. The summed E-state index contributed by atoms with van der Waals surface area (Å²) in [6, 6.07) is 3.44. The molecule has 0 heterocycles. The predicted molar refractivity (Wildman–Crippen MR) is 74.0 cm³/mol. The molecule has 1 aromatic carbocycles. The zero-order valence-corrected chi connectivity index (χ0v) is 11.6. The fraction of sp³-hybridized carbons (Fsp3) is 0.273. The standard InChI is InChI=1S/C11H10F2N4O3S/c1-21-11(15-6-14)16-7-2-8(17(18)19)4-9(3-7)20-5-10(12)13/h2-4,10H,5H2,1H3,(H,15,16). The third kappa shape index (κ3) is 5.62. The Morgan fingerprint density at radius 1 is 1.62 bits per heavy atom. The normalized spacial score (nSPS) is 11.1. The maximum absolute atomic E-state index is 12.1. The molecule has 1 aromatic rings. The molecule has 0 saturated carbocycles. The number of hydrogen-bond donors (Lipinski definition) is 1. The van der Waals surface area contributed by atoms with Crippen LogP contribution in [0.2, 0.25) is 0 Å². The smallest absolute Gasteiger partial charge is 0.275 e. The lowest BCUT2D eigenvalue weighted by molar-refractivity contribution is -0.384. The van der Waals surface area contributed by atoms with E-state index in [0.717, 1.165) is 23.9 Å². The van der Waals surface area contributed by atoms with Crippen LogP contribution in [0.4, 0.5) is 20.2 Å². The van der Waals surface area contributed by atoms with Gasteiger partial charge < -0.3 is 4.74 Å². The minimum atomic E-state index is -2.70. The number of thioether (sulfide) groups is 1. The van der Waals surface area contributed by atoms with Crippen LogP contribution in [-0.2, 0) is 0 Å². The number of nitrogens with one attached hydrogen (secondary N) is 1. The van der Waals surface area contributed by atoms with Crippen LogP contribution in [0.1, 0.15) is 0 Å². The fourth-order valence-electron chi connectivity index (χ4n) is 1.27. The van der Waals surface area contributed by atoms with Crippen LogP contribution in [0.3, 0.4) is 0 Å². The summed E-state index contributed by atoms with van der Waals surface area (Å²) in [5, 5.41) is 21.8. The van der Waals surface area contributed by atoms with Crippen LogP contribution in [0.15, 0.2) is 23.2 Å². The Bertz CT molecular complexity index is 589. The average Bonchev–Trinajstić information content (AvgIpc) is 2.44. The van der Waals surface area contributed by atoms with Crippen molar-refractivity contribution in [2.24, 2.45) is 4.99 Å². The number of nitro groups is 1. The van der Waals surface area contributed by atoms with E-state index in [1.807, 2.05) is 0 Å². The highest BCUT2D eigenvalue weighted by molar-refractivity contribution is 8.13. The van der Waals surface area contributed by atoms with Crippen molar-refractivity contribution in [1.82, 2.24) is 5.32 Å². The highest BCUT2D eigenvalue weighted by Crippen LogP contribution is 2.28. The molecule has 0 radical (unpaired) electrons. The number of amidine groups is 1. The number of halogens is 2. The summed E-state index contributed by atoms with van der Waals surface area (Å²) in [7, 11) is 0. The summed E-state index contributed by atoms with van der Waals surface area (Å²) in [5.74, 6) is -0.0966. The van der Waals surface area contributed by atoms with Crippen molar-refractivity contribution in [1.29, 1.82) is 5.26 Å². The molecule has 0 unspecified atom stereocenters. The van der Waals surface area contributed by atoms with E-state index in [1.54, 1.807) is 12.4 Å². The number of aliphatic imine (C=N–C) groups is 1. The first-order valence-electron chi connectivity index (χ1n) is 5.44. The zero-order chi connectivity index (χ0) is 15.8. The molecule has 0 aromatic heterocycles. The molecule has 1 N–H and O–H groups in total. The average molecular weight is 316 g/mol. The number of nitrogens with zero attached hydrogens (tertiary/aromatic N) is 3. The molecule has 0 fully saturated rings. The second kappa shape index (κ2) is 8.01. The first-order valence-corrected chi connectivity index (χ1v) is 6.67. The van der Waals surface area contributed by atoms with Crippen LogP contribution in [-0.4, -0.2) is 29.4 Å². The van der Waals surface area contributed by atoms with Crippen molar-refractivity contribution < 1.29 is 18.4 Å². The van der Waals surface area contributed by atoms with Gasteiger partial charge in [-0.2, -0.15) is 5.26 Å². The lowest BCUT2D eigenvalue weighted by atomic mass is 10.2. The SMILES string of the molecule is CSC(=Nc1cc(OCC(F)F)cc([N+](=O)[O-])c1)NC#N. The number of ether oxygens (including phenoxy) is 1. The minimum Gasteiger partial charge on any atom is -0.487 e. The maximum atomic E-state index is 12.1. The van der Waals surface area contributed by atoms with Gasteiger partial charge in [0.1, 0.15) is 12.4 Å². The second-order valence-electron chi connectivity index (χ2n) is 3.50. The predicted octanol–water partition coefficient (Wildman–Crippen LogP) is 2.66. The molecule has 0 aliphatic carbocycles. The van der Waals surface area contributed by atoms with Gasteiger partial charge in [-0.25, -0.2) is 13.8 Å². The van der Waals surface area contributed by atoms with Crippen LogP contribution in [0.5, 0.6) is 5.75 Å². The quantitative estimate of drug-likeness (QED) is 0.224. The van der Waals surface area contributed by atoms with Gasteiger partial charge >= 0.3 is 0 Å². The minimum absolute atomic E-state index is 0.0966. The van der Waals surface area contributed by atoms with Gasteiger partial charge in [0.15, 0.2) is 11.4 Å². The van der Waals surface area contributed by atoms with E-state index in [4.69, 9.17) is 10.00 Å². The Hall–Kier alpha value is -2.41. The Labute approximate surface area is 122 Å². The summed E-state index contributed by atoms with van der Waals surface area (Å²) in [5.41, 5.74) is -0.238. The largest absolute Gasteiger partial charge is 0.487 e. The van der Waals surface area contributed by atoms with E-state index in [9.17, 15) is 18.9 Å². The molecular weight excluding hydrogens is 306 g/mol. The summed E-state index contributed by atoms with van der Waals surface area (Å²) in [6.45, 7) is -0.879. The summed E-state index contributed by atoms with van der Waals surface area (Å²) >= 11 is 1.11. The van der Waals surface area contributed by atoms with Gasteiger partial charge in [-0.15, -0.1) is 0 Å². The third-order valence-corrected chi connectivity index (χ3v) is 2.63. The molecule has 0 aliphatic rings. The lowest BCUT2D eigenvalue weighted by Crippen LogP contribution is -2.12. The van der Waals surface area contributed by atoms with E-state index in [1.165, 1.54) is 6.07 Å². The van der Waals surface area contributed by atoms with Crippen molar-refractivity contribution in [3.8, 4) is 11.9 Å². The third-order valence-electron chi connectivity index (χ3n) is 2.05. The molecule has 10 heteroatoms. The Morgan fingerprint density at radius 3 is 2.86 bits per heavy atom. The molecule has 7 nitrogen and oxygen atoms in total. The highest BCUT2D eigenvalue weighted by atomic mass is 32.2. The Balaban J connectivity index is 3.13. The van der Waals surface area contributed by atoms with E-state index in [2.05, 4.69) is 10.3 Å². The van der Waals surface area contributed by atoms with E-state index < -0.39 is 18.0 Å². The van der Waals surface area contributed by atoms with Gasteiger partial charge in [0.05, 0.1) is 16.7 Å². The number of benzene rings is 1. The van der Waals surface area contributed by atoms with Crippen molar-refractivity contribution in [2.75, 3.05) is 12.9 Å². The van der Waals surface area contributed by atoms with Gasteiger partial charge in [-0.05, 0) is 6.26 Å². The Kier molecular flexibility index (Phi) is 6.35. The topological polar surface area (TPSA) is 101 Å². The summed E-state index contributed by atoms with van der Waals surface area (Å²) < 4.78 is 29.0. The molecule has 0 atom stereocenters. The number of nitriles is 1. The fourth-order valence-corrected chi connectivity index (χ4v) is 1.61. The van der Waals surface area contributed by atoms with Crippen LogP contribution < -0.4 is 10.1 Å². The first kappa shape index (κ1) is 16.6. The van der Waals surface area contributed by atoms with Gasteiger partial charge in [-0.3, -0.25) is 15.4 Å². The van der Waals surface area contributed by atoms with Crippen molar-refractivity contribution in [2.45, 2.75) is 6.43 Å². The van der Waals surface area contributed by atoms with Crippen LogP contribution >= 0.6 is 11.8 Å². The molecular formula is C11H10F2N4O3S. The monoisotopic (exact) mass is 316 g/mol. The molecule has 1 rings (SSSR count). The number of non-ortho nitro benzene ring substituents is 1. The van der Waals surface area contributed by atoms with Crippen molar-refractivity contribution in [3.05, 3.63) is 28.3 Å². The summed E-state index contributed by atoms with van der Waals surface area (Å²) in [4.78, 5) is 14.1. The lowest BCUT2D eigenvalue weighted by Gasteiger charge is -2.07. The maximum Gasteiger partial charge on any atom is 0.275 e. The number of nitro benzene ring substituents is 1. The zero-order valence-electron chi connectivity index (χ0n) is 10.7. The summed E-state index contributed by atoms with van der Waals surface area (Å²) in [6.07, 6.45) is 0.617. The van der Waals surface area contributed by atoms with Crippen molar-refractivity contribution >= 4 is 28.3 Å². The highest BCUT2D eigenvalue weighted by Gasteiger charge is 2.12. The number of alkyl halides is 2. The van der Waals surface area contributed by atoms with Gasteiger partial charge in [0.25, 0.3) is 12.1 Å². The van der Waals surface area contributed by atoms with E-state index in [-0.39, 0.29) is 22.3 Å². The Morgan fingerprint density at radius 2 is 2.33 bits per heavy atom. The molecule has 21 heavy (non-hydrogen) atoms. The molecule has 0 saturated heterocycles. The number of rotatable bonds is 5.